The van der Waals surface area contributed by atoms with E-state index in [1.54, 1.807) is 24.4 Å². The molecule has 1 aromatic heterocycles. The van der Waals surface area contributed by atoms with E-state index in [1.807, 2.05) is 30.3 Å². The molecule has 0 N–H and O–H groups in total. The van der Waals surface area contributed by atoms with E-state index in [9.17, 15) is 13.2 Å². The molecule has 4 rings (SSSR count). The number of rotatable bonds is 5. The highest BCUT2D eigenvalue weighted by molar-refractivity contribution is 7.89. The molecule has 0 spiro atoms. The molecule has 148 valence electrons. The Morgan fingerprint density at radius 3 is 2.55 bits per heavy atom. The van der Waals surface area contributed by atoms with Crippen molar-refractivity contribution in [2.45, 2.75) is 4.90 Å². The van der Waals surface area contributed by atoms with Gasteiger partial charge >= 0.3 is 0 Å². The number of aromatic nitrogens is 1. The predicted octanol–water partition coefficient (Wildman–Crippen LogP) is 3.15. The molecule has 2 heterocycles. The predicted molar refractivity (Wildman–Crippen MR) is 111 cm³/mol. The molecule has 29 heavy (non-hydrogen) atoms. The van der Waals surface area contributed by atoms with Gasteiger partial charge in [-0.3, -0.25) is 9.78 Å². The smallest absolute Gasteiger partial charge is 0.243 e. The highest BCUT2D eigenvalue weighted by Crippen LogP contribution is 2.19. The van der Waals surface area contributed by atoms with Crippen LogP contribution in [0.15, 0.2) is 71.8 Å². The fraction of sp³-hybridized carbons (Fsp3) is 0.182. The van der Waals surface area contributed by atoms with Crippen LogP contribution in [0.5, 0.6) is 0 Å². The normalized spacial score (nSPS) is 15.7. The van der Waals surface area contributed by atoms with Crippen molar-refractivity contribution in [2.75, 3.05) is 26.3 Å². The molecular weight excluding hydrogens is 388 g/mol. The first kappa shape index (κ1) is 19.4. The minimum absolute atomic E-state index is 0.182. The van der Waals surface area contributed by atoms with Gasteiger partial charge in [0.05, 0.1) is 23.6 Å². The van der Waals surface area contributed by atoms with Gasteiger partial charge in [-0.25, -0.2) is 8.42 Å². The van der Waals surface area contributed by atoms with Crippen LogP contribution in [-0.2, 0) is 14.8 Å². The number of pyridine rings is 1. The number of hydrogen-bond donors (Lipinski definition) is 0. The van der Waals surface area contributed by atoms with Crippen LogP contribution in [-0.4, -0.2) is 49.8 Å². The van der Waals surface area contributed by atoms with E-state index in [4.69, 9.17) is 4.74 Å². The highest BCUT2D eigenvalue weighted by Gasteiger charge is 2.26. The number of sulfonamides is 1. The van der Waals surface area contributed by atoms with Gasteiger partial charge < -0.3 is 4.74 Å². The SMILES string of the molecule is O=C(/C=C/c1ccc2ncccc2c1)c1ccc(S(=O)(=O)N2CCOCC2)cc1. The summed E-state index contributed by atoms with van der Waals surface area (Å²) in [4.78, 5) is 16.9. The van der Waals surface area contributed by atoms with E-state index in [1.165, 1.54) is 22.5 Å². The first-order valence-electron chi connectivity index (χ1n) is 9.29. The Morgan fingerprint density at radius 2 is 1.79 bits per heavy atom. The molecule has 0 radical (unpaired) electrons. The van der Waals surface area contributed by atoms with Gasteiger partial charge in [0.1, 0.15) is 0 Å². The number of morpholine rings is 1. The topological polar surface area (TPSA) is 76.6 Å². The van der Waals surface area contributed by atoms with Crippen molar-refractivity contribution in [3.05, 3.63) is 78.0 Å². The maximum Gasteiger partial charge on any atom is 0.243 e. The third-order valence-corrected chi connectivity index (χ3v) is 6.71. The number of hydrogen-bond acceptors (Lipinski definition) is 5. The largest absolute Gasteiger partial charge is 0.379 e. The van der Waals surface area contributed by atoms with Crippen molar-refractivity contribution >= 4 is 32.8 Å². The van der Waals surface area contributed by atoms with Crippen LogP contribution in [0.2, 0.25) is 0 Å². The van der Waals surface area contributed by atoms with E-state index in [0.29, 0.717) is 31.9 Å². The lowest BCUT2D eigenvalue weighted by Crippen LogP contribution is -2.40. The van der Waals surface area contributed by atoms with E-state index >= 15 is 0 Å². The zero-order chi connectivity index (χ0) is 20.3. The van der Waals surface area contributed by atoms with Gasteiger partial charge in [-0.05, 0) is 54.1 Å². The lowest BCUT2D eigenvalue weighted by Gasteiger charge is -2.26. The number of allylic oxidation sites excluding steroid dienone is 1. The number of ether oxygens (including phenoxy) is 1. The summed E-state index contributed by atoms with van der Waals surface area (Å²) >= 11 is 0. The second kappa shape index (κ2) is 8.24. The van der Waals surface area contributed by atoms with Crippen LogP contribution < -0.4 is 0 Å². The lowest BCUT2D eigenvalue weighted by atomic mass is 10.1. The molecule has 0 aliphatic carbocycles. The van der Waals surface area contributed by atoms with E-state index in [-0.39, 0.29) is 10.7 Å². The summed E-state index contributed by atoms with van der Waals surface area (Å²) < 4.78 is 31.9. The third-order valence-electron chi connectivity index (χ3n) is 4.80. The van der Waals surface area contributed by atoms with Gasteiger partial charge in [0.2, 0.25) is 10.0 Å². The number of fused-ring (bicyclic) bond motifs is 1. The summed E-state index contributed by atoms with van der Waals surface area (Å²) in [6, 6.07) is 15.7. The molecule has 6 nitrogen and oxygen atoms in total. The lowest BCUT2D eigenvalue weighted by molar-refractivity contribution is 0.0730. The van der Waals surface area contributed by atoms with Gasteiger partial charge in [0.25, 0.3) is 0 Å². The van der Waals surface area contributed by atoms with E-state index < -0.39 is 10.0 Å². The zero-order valence-electron chi connectivity index (χ0n) is 15.7. The Hall–Kier alpha value is -2.87. The molecule has 1 aliphatic heterocycles. The molecule has 0 saturated carbocycles. The Bertz CT molecular complexity index is 1160. The summed E-state index contributed by atoms with van der Waals surface area (Å²) in [5, 5.41) is 1.000. The molecule has 1 saturated heterocycles. The highest BCUT2D eigenvalue weighted by atomic mass is 32.2. The van der Waals surface area contributed by atoms with Crippen LogP contribution in [0.3, 0.4) is 0 Å². The van der Waals surface area contributed by atoms with Crippen LogP contribution in [0, 0.1) is 0 Å². The molecule has 0 unspecified atom stereocenters. The average Bonchev–Trinajstić information content (AvgIpc) is 2.78. The van der Waals surface area contributed by atoms with Gasteiger partial charge in [-0.2, -0.15) is 4.31 Å². The fourth-order valence-corrected chi connectivity index (χ4v) is 4.60. The molecule has 0 bridgehead atoms. The molecular formula is C22H20N2O4S. The summed E-state index contributed by atoms with van der Waals surface area (Å²) in [7, 11) is -3.56. The number of carbonyl (C=O) groups is 1. The Balaban J connectivity index is 1.49. The first-order chi connectivity index (χ1) is 14.0. The summed E-state index contributed by atoms with van der Waals surface area (Å²) in [6.45, 7) is 1.47. The Kier molecular flexibility index (Phi) is 5.53. The van der Waals surface area contributed by atoms with Gasteiger partial charge in [-0.15, -0.1) is 0 Å². The molecule has 1 aliphatic rings. The van der Waals surface area contributed by atoms with Crippen LogP contribution in [0.25, 0.3) is 17.0 Å². The monoisotopic (exact) mass is 408 g/mol. The standard InChI is InChI=1S/C22H20N2O4S/c25-22(10-4-17-3-9-21-19(16-17)2-1-11-23-21)18-5-7-20(8-6-18)29(26,27)24-12-14-28-15-13-24/h1-11,16H,12-15H2/b10-4+. The Morgan fingerprint density at radius 1 is 1.03 bits per heavy atom. The quantitative estimate of drug-likeness (QED) is 0.479. The number of ketones is 1. The van der Waals surface area contributed by atoms with Gasteiger partial charge in [0, 0.05) is 30.2 Å². The molecule has 7 heteroatoms. The van der Waals surface area contributed by atoms with Crippen LogP contribution in [0.1, 0.15) is 15.9 Å². The maximum atomic E-state index is 12.7. The zero-order valence-corrected chi connectivity index (χ0v) is 16.5. The number of nitrogens with zero attached hydrogens (tertiary/aromatic N) is 2. The number of carbonyl (C=O) groups excluding carboxylic acids is 1. The van der Waals surface area contributed by atoms with E-state index in [2.05, 4.69) is 4.98 Å². The molecule has 3 aromatic rings. The van der Waals surface area contributed by atoms with Crippen molar-refractivity contribution in [1.29, 1.82) is 0 Å². The van der Waals surface area contributed by atoms with Crippen molar-refractivity contribution in [1.82, 2.24) is 9.29 Å². The first-order valence-corrected chi connectivity index (χ1v) is 10.7. The minimum atomic E-state index is -3.56. The minimum Gasteiger partial charge on any atom is -0.379 e. The average molecular weight is 408 g/mol. The third kappa shape index (κ3) is 4.27. The number of benzene rings is 2. The summed E-state index contributed by atoms with van der Waals surface area (Å²) in [5.41, 5.74) is 2.23. The van der Waals surface area contributed by atoms with Crippen LogP contribution in [0.4, 0.5) is 0 Å². The van der Waals surface area contributed by atoms with Crippen molar-refractivity contribution in [3.63, 3.8) is 0 Å². The van der Waals surface area contributed by atoms with Crippen molar-refractivity contribution in [2.24, 2.45) is 0 Å². The Labute approximate surface area is 169 Å². The molecule has 2 aromatic carbocycles. The van der Waals surface area contributed by atoms with Crippen LogP contribution >= 0.6 is 0 Å². The van der Waals surface area contributed by atoms with Gasteiger partial charge in [-0.1, -0.05) is 18.2 Å². The second-order valence-corrected chi connectivity index (χ2v) is 8.63. The second-order valence-electron chi connectivity index (χ2n) is 6.69. The van der Waals surface area contributed by atoms with Crippen molar-refractivity contribution < 1.29 is 17.9 Å². The molecule has 0 amide bonds. The summed E-state index contributed by atoms with van der Waals surface area (Å²) in [5.74, 6) is -0.188. The van der Waals surface area contributed by atoms with E-state index in [0.717, 1.165) is 16.5 Å². The molecule has 0 atom stereocenters. The van der Waals surface area contributed by atoms with Gasteiger partial charge in [0.15, 0.2) is 5.78 Å². The summed E-state index contributed by atoms with van der Waals surface area (Å²) in [6.07, 6.45) is 4.97. The maximum absolute atomic E-state index is 12.7. The fourth-order valence-electron chi connectivity index (χ4n) is 3.19. The molecule has 1 fully saturated rings. The van der Waals surface area contributed by atoms with Crippen molar-refractivity contribution in [3.8, 4) is 0 Å².